The number of halogens is 1. The van der Waals surface area contributed by atoms with Crippen molar-refractivity contribution in [3.8, 4) is 0 Å². The van der Waals surface area contributed by atoms with Gasteiger partial charge in [-0.05, 0) is 43.2 Å². The first kappa shape index (κ1) is 17.5. The molecule has 1 aromatic heterocycles. The summed E-state index contributed by atoms with van der Waals surface area (Å²) in [5.41, 5.74) is 2.49. The molecule has 1 aromatic carbocycles. The van der Waals surface area contributed by atoms with E-state index in [0.29, 0.717) is 5.56 Å². The molecule has 0 saturated heterocycles. The van der Waals surface area contributed by atoms with Gasteiger partial charge in [0.05, 0.1) is 0 Å². The zero-order chi connectivity index (χ0) is 16.7. The number of hydrogen-bond donors (Lipinski definition) is 2. The molecule has 0 aliphatic heterocycles. The Morgan fingerprint density at radius 3 is 2.78 bits per heavy atom. The van der Waals surface area contributed by atoms with Gasteiger partial charge in [-0.1, -0.05) is 41.8 Å². The van der Waals surface area contributed by atoms with Crippen LogP contribution in [0.1, 0.15) is 42.1 Å². The highest BCUT2D eigenvalue weighted by Crippen LogP contribution is 2.21. The van der Waals surface area contributed by atoms with Crippen molar-refractivity contribution < 1.29 is 4.79 Å². The molecule has 0 atom stereocenters. The molecule has 0 unspecified atom stereocenters. The molecule has 0 radical (unpaired) electrons. The van der Waals surface area contributed by atoms with E-state index in [1.165, 1.54) is 12.8 Å². The SMILES string of the molecule is CCCCCNc1cc(C(=O)Nc2ccc(C)c(Br)c2)ccn1. The van der Waals surface area contributed by atoms with E-state index in [2.05, 4.69) is 38.5 Å². The number of nitrogens with zero attached hydrogens (tertiary/aromatic N) is 1. The van der Waals surface area contributed by atoms with E-state index in [9.17, 15) is 4.79 Å². The quantitative estimate of drug-likeness (QED) is 0.668. The van der Waals surface area contributed by atoms with E-state index in [4.69, 9.17) is 0 Å². The second-order valence-electron chi connectivity index (χ2n) is 5.48. The van der Waals surface area contributed by atoms with E-state index in [-0.39, 0.29) is 5.91 Å². The molecule has 4 nitrogen and oxygen atoms in total. The van der Waals surface area contributed by atoms with Crippen LogP contribution < -0.4 is 10.6 Å². The predicted molar refractivity (Wildman–Crippen MR) is 99.1 cm³/mol. The van der Waals surface area contributed by atoms with Crippen LogP contribution in [0, 0.1) is 6.92 Å². The molecule has 23 heavy (non-hydrogen) atoms. The monoisotopic (exact) mass is 375 g/mol. The maximum absolute atomic E-state index is 12.4. The number of aromatic nitrogens is 1. The molecule has 2 rings (SSSR count). The molecule has 0 aliphatic carbocycles. The molecule has 2 aromatic rings. The largest absolute Gasteiger partial charge is 0.370 e. The maximum atomic E-state index is 12.4. The van der Waals surface area contributed by atoms with Crippen molar-refractivity contribution in [3.05, 3.63) is 52.1 Å². The van der Waals surface area contributed by atoms with Gasteiger partial charge in [-0.3, -0.25) is 4.79 Å². The Labute approximate surface area is 145 Å². The number of pyridine rings is 1. The summed E-state index contributed by atoms with van der Waals surface area (Å²) in [6.45, 7) is 5.05. The number of carbonyl (C=O) groups excluding carboxylic acids is 1. The Hall–Kier alpha value is -1.88. The van der Waals surface area contributed by atoms with Crippen molar-refractivity contribution in [2.75, 3.05) is 17.2 Å². The lowest BCUT2D eigenvalue weighted by atomic mass is 10.2. The first-order chi connectivity index (χ1) is 11.1. The summed E-state index contributed by atoms with van der Waals surface area (Å²) in [7, 11) is 0. The molecular formula is C18H22BrN3O. The second kappa shape index (κ2) is 8.67. The molecule has 5 heteroatoms. The van der Waals surface area contributed by atoms with Crippen molar-refractivity contribution in [2.45, 2.75) is 33.1 Å². The summed E-state index contributed by atoms with van der Waals surface area (Å²) >= 11 is 3.47. The van der Waals surface area contributed by atoms with E-state index in [1.807, 2.05) is 25.1 Å². The van der Waals surface area contributed by atoms with Crippen molar-refractivity contribution >= 4 is 33.3 Å². The number of unbranched alkanes of at least 4 members (excludes halogenated alkanes) is 2. The van der Waals surface area contributed by atoms with Gasteiger partial charge in [0.2, 0.25) is 0 Å². The molecule has 0 fully saturated rings. The number of hydrogen-bond acceptors (Lipinski definition) is 3. The molecular weight excluding hydrogens is 354 g/mol. The Morgan fingerprint density at radius 2 is 2.04 bits per heavy atom. The topological polar surface area (TPSA) is 54.0 Å². The van der Waals surface area contributed by atoms with Gasteiger partial charge in [0.15, 0.2) is 0 Å². The van der Waals surface area contributed by atoms with Crippen LogP contribution in [0.15, 0.2) is 41.0 Å². The van der Waals surface area contributed by atoms with Crippen molar-refractivity contribution in [3.63, 3.8) is 0 Å². The Balaban J connectivity index is 2.00. The van der Waals surface area contributed by atoms with Crippen molar-refractivity contribution in [2.24, 2.45) is 0 Å². The number of rotatable bonds is 7. The normalized spacial score (nSPS) is 10.4. The Kier molecular flexibility index (Phi) is 6.59. The third-order valence-electron chi connectivity index (χ3n) is 3.54. The van der Waals surface area contributed by atoms with Gasteiger partial charge in [0.1, 0.15) is 5.82 Å². The summed E-state index contributed by atoms with van der Waals surface area (Å²) in [4.78, 5) is 16.6. The van der Waals surface area contributed by atoms with Gasteiger partial charge < -0.3 is 10.6 Å². The molecule has 0 saturated carbocycles. The minimum Gasteiger partial charge on any atom is -0.370 e. The van der Waals surface area contributed by atoms with Crippen LogP contribution >= 0.6 is 15.9 Å². The number of nitrogens with one attached hydrogen (secondary N) is 2. The van der Waals surface area contributed by atoms with E-state index >= 15 is 0 Å². The summed E-state index contributed by atoms with van der Waals surface area (Å²) in [6.07, 6.45) is 5.13. The smallest absolute Gasteiger partial charge is 0.255 e. The maximum Gasteiger partial charge on any atom is 0.255 e. The average Bonchev–Trinajstić information content (AvgIpc) is 2.55. The molecule has 1 amide bonds. The number of benzene rings is 1. The van der Waals surface area contributed by atoms with E-state index in [0.717, 1.165) is 34.5 Å². The third-order valence-corrected chi connectivity index (χ3v) is 4.39. The minimum absolute atomic E-state index is 0.139. The van der Waals surface area contributed by atoms with Crippen molar-refractivity contribution in [1.82, 2.24) is 4.98 Å². The zero-order valence-electron chi connectivity index (χ0n) is 13.5. The van der Waals surface area contributed by atoms with Crippen LogP contribution in [0.2, 0.25) is 0 Å². The molecule has 1 heterocycles. The van der Waals surface area contributed by atoms with Gasteiger partial charge in [0.25, 0.3) is 5.91 Å². The molecule has 122 valence electrons. The lowest BCUT2D eigenvalue weighted by molar-refractivity contribution is 0.102. The minimum atomic E-state index is -0.139. The lowest BCUT2D eigenvalue weighted by Crippen LogP contribution is -2.13. The van der Waals surface area contributed by atoms with Gasteiger partial charge >= 0.3 is 0 Å². The average molecular weight is 376 g/mol. The highest BCUT2D eigenvalue weighted by atomic mass is 79.9. The highest BCUT2D eigenvalue weighted by Gasteiger charge is 2.08. The van der Waals surface area contributed by atoms with Crippen LogP contribution in [0.5, 0.6) is 0 Å². The van der Waals surface area contributed by atoms with Crippen LogP contribution in [-0.2, 0) is 0 Å². The molecule has 0 aliphatic rings. The second-order valence-corrected chi connectivity index (χ2v) is 6.34. The standard InChI is InChI=1S/C18H22BrN3O/c1-3-4-5-9-20-17-11-14(8-10-21-17)18(23)22-15-7-6-13(2)16(19)12-15/h6-8,10-12H,3-5,9H2,1-2H3,(H,20,21)(H,22,23). The predicted octanol–water partition coefficient (Wildman–Crippen LogP) is 5.01. The fraction of sp³-hybridized carbons (Fsp3) is 0.333. The number of aryl methyl sites for hydroxylation is 1. The lowest BCUT2D eigenvalue weighted by Gasteiger charge is -2.09. The number of carbonyl (C=O) groups is 1. The zero-order valence-corrected chi connectivity index (χ0v) is 15.1. The van der Waals surface area contributed by atoms with Crippen LogP contribution in [0.4, 0.5) is 11.5 Å². The van der Waals surface area contributed by atoms with Crippen LogP contribution in [0.25, 0.3) is 0 Å². The number of anilines is 2. The first-order valence-corrected chi connectivity index (χ1v) is 8.67. The summed E-state index contributed by atoms with van der Waals surface area (Å²) < 4.78 is 0.975. The van der Waals surface area contributed by atoms with E-state index in [1.54, 1.807) is 18.3 Å². The summed E-state index contributed by atoms with van der Waals surface area (Å²) in [6, 6.07) is 9.26. The highest BCUT2D eigenvalue weighted by molar-refractivity contribution is 9.10. The van der Waals surface area contributed by atoms with Gasteiger partial charge in [-0.25, -0.2) is 4.98 Å². The van der Waals surface area contributed by atoms with Crippen molar-refractivity contribution in [1.29, 1.82) is 0 Å². The first-order valence-electron chi connectivity index (χ1n) is 7.87. The number of amides is 1. The van der Waals surface area contributed by atoms with Gasteiger partial charge in [-0.2, -0.15) is 0 Å². The fourth-order valence-electron chi connectivity index (χ4n) is 2.13. The Morgan fingerprint density at radius 1 is 1.22 bits per heavy atom. The molecule has 0 bridgehead atoms. The third kappa shape index (κ3) is 5.36. The fourth-order valence-corrected chi connectivity index (χ4v) is 2.51. The van der Waals surface area contributed by atoms with Crippen LogP contribution in [-0.4, -0.2) is 17.4 Å². The Bertz CT molecular complexity index is 673. The van der Waals surface area contributed by atoms with E-state index < -0.39 is 0 Å². The summed E-state index contributed by atoms with van der Waals surface area (Å²) in [5.74, 6) is 0.596. The summed E-state index contributed by atoms with van der Waals surface area (Å²) in [5, 5.41) is 6.16. The molecule has 0 spiro atoms. The van der Waals surface area contributed by atoms with Gasteiger partial charge in [-0.15, -0.1) is 0 Å². The molecule has 2 N–H and O–H groups in total. The van der Waals surface area contributed by atoms with Gasteiger partial charge in [0, 0.05) is 28.5 Å². The van der Waals surface area contributed by atoms with Crippen LogP contribution in [0.3, 0.4) is 0 Å².